The number of hydrogen-bond donors (Lipinski definition) is 1. The van der Waals surface area contributed by atoms with Gasteiger partial charge < -0.3 is 10.6 Å². The highest BCUT2D eigenvalue weighted by atomic mass is 79.9. The van der Waals surface area contributed by atoms with Gasteiger partial charge in [-0.05, 0) is 18.2 Å². The first kappa shape index (κ1) is 12.9. The Morgan fingerprint density at radius 2 is 2.41 bits per heavy atom. The van der Waals surface area contributed by atoms with E-state index in [1.54, 1.807) is 0 Å². The molecule has 1 aromatic rings. The molecule has 0 spiro atoms. The van der Waals surface area contributed by atoms with E-state index in [1.165, 1.54) is 0 Å². The van der Waals surface area contributed by atoms with E-state index in [2.05, 4.69) is 28.9 Å². The molecule has 0 fully saturated rings. The predicted molar refractivity (Wildman–Crippen MR) is 75.5 cm³/mol. The zero-order chi connectivity index (χ0) is 12.4. The normalized spacial score (nSPS) is 19.0. The fraction of sp³-hybridized carbons (Fsp3) is 0.417. The van der Waals surface area contributed by atoms with Crippen LogP contribution >= 0.6 is 27.7 Å². The quantitative estimate of drug-likeness (QED) is 0.912. The van der Waals surface area contributed by atoms with Gasteiger partial charge in [-0.25, -0.2) is 0 Å². The molecule has 1 unspecified atom stereocenters. The highest BCUT2D eigenvalue weighted by Crippen LogP contribution is 2.40. The van der Waals surface area contributed by atoms with Gasteiger partial charge in [-0.15, -0.1) is 11.8 Å². The standard InChI is InChI=1S/C12H15BrN2OS/c1-8-7-15(12(16)4-5-14)10-3-2-9(13)6-11(10)17-8/h2-3,6,8H,4-5,7,14H2,1H3. The lowest BCUT2D eigenvalue weighted by Gasteiger charge is -2.32. The molecule has 2 rings (SSSR count). The number of rotatable bonds is 2. The smallest absolute Gasteiger partial charge is 0.228 e. The van der Waals surface area contributed by atoms with Crippen LogP contribution in [0.3, 0.4) is 0 Å². The van der Waals surface area contributed by atoms with Gasteiger partial charge in [0.25, 0.3) is 0 Å². The third kappa shape index (κ3) is 2.84. The number of halogens is 1. The summed E-state index contributed by atoms with van der Waals surface area (Å²) in [5.41, 5.74) is 6.46. The van der Waals surface area contributed by atoms with Crippen LogP contribution in [0.15, 0.2) is 27.6 Å². The first-order valence-electron chi connectivity index (χ1n) is 5.58. The van der Waals surface area contributed by atoms with Crippen molar-refractivity contribution in [3.8, 4) is 0 Å². The summed E-state index contributed by atoms with van der Waals surface area (Å²) < 4.78 is 1.05. The maximum atomic E-state index is 12.0. The molecule has 0 radical (unpaired) electrons. The van der Waals surface area contributed by atoms with Gasteiger partial charge in [-0.3, -0.25) is 4.79 Å². The number of hydrogen-bond acceptors (Lipinski definition) is 3. The van der Waals surface area contributed by atoms with Gasteiger partial charge in [-0.1, -0.05) is 22.9 Å². The maximum Gasteiger partial charge on any atom is 0.228 e. The van der Waals surface area contributed by atoms with Crippen LogP contribution in [0.4, 0.5) is 5.69 Å². The van der Waals surface area contributed by atoms with Crippen molar-refractivity contribution in [2.24, 2.45) is 5.73 Å². The Morgan fingerprint density at radius 1 is 1.65 bits per heavy atom. The highest BCUT2D eigenvalue weighted by molar-refractivity contribution is 9.10. The second-order valence-electron chi connectivity index (χ2n) is 4.08. The molecule has 5 heteroatoms. The van der Waals surface area contributed by atoms with Crippen molar-refractivity contribution in [3.63, 3.8) is 0 Å². The van der Waals surface area contributed by atoms with E-state index >= 15 is 0 Å². The lowest BCUT2D eigenvalue weighted by atomic mass is 10.2. The molecule has 1 amide bonds. The van der Waals surface area contributed by atoms with Gasteiger partial charge in [0.2, 0.25) is 5.91 Å². The minimum atomic E-state index is 0.114. The van der Waals surface area contributed by atoms with Crippen molar-refractivity contribution < 1.29 is 4.79 Å². The van der Waals surface area contributed by atoms with E-state index in [1.807, 2.05) is 28.8 Å². The van der Waals surface area contributed by atoms with Gasteiger partial charge in [0.1, 0.15) is 0 Å². The Morgan fingerprint density at radius 3 is 3.12 bits per heavy atom. The average Bonchev–Trinajstić information content (AvgIpc) is 2.27. The molecule has 1 aliphatic rings. The van der Waals surface area contributed by atoms with Crippen molar-refractivity contribution in [2.45, 2.75) is 23.5 Å². The minimum Gasteiger partial charge on any atom is -0.330 e. The summed E-state index contributed by atoms with van der Waals surface area (Å²) in [7, 11) is 0. The molecule has 2 N–H and O–H groups in total. The van der Waals surface area contributed by atoms with Crippen molar-refractivity contribution in [1.82, 2.24) is 0 Å². The van der Waals surface area contributed by atoms with Gasteiger partial charge in [-0.2, -0.15) is 0 Å². The molecular weight excluding hydrogens is 300 g/mol. The molecule has 1 atom stereocenters. The number of nitrogens with zero attached hydrogens (tertiary/aromatic N) is 1. The molecule has 0 saturated heterocycles. The summed E-state index contributed by atoms with van der Waals surface area (Å²) in [4.78, 5) is 15.0. The number of amides is 1. The molecule has 0 aliphatic carbocycles. The SMILES string of the molecule is CC1CN(C(=O)CCN)c2ccc(Br)cc2S1. The lowest BCUT2D eigenvalue weighted by molar-refractivity contribution is -0.118. The van der Waals surface area contributed by atoms with Crippen LogP contribution in [0.5, 0.6) is 0 Å². The topological polar surface area (TPSA) is 46.3 Å². The van der Waals surface area contributed by atoms with E-state index in [-0.39, 0.29) is 5.91 Å². The van der Waals surface area contributed by atoms with E-state index in [4.69, 9.17) is 5.73 Å². The summed E-state index contributed by atoms with van der Waals surface area (Å²) >= 11 is 5.27. The molecule has 0 saturated carbocycles. The number of benzene rings is 1. The van der Waals surface area contributed by atoms with Gasteiger partial charge in [0.05, 0.1) is 5.69 Å². The van der Waals surface area contributed by atoms with Crippen molar-refractivity contribution in [2.75, 3.05) is 18.0 Å². The Hall–Kier alpha value is -0.520. The Labute approximate surface area is 114 Å². The fourth-order valence-electron chi connectivity index (χ4n) is 1.91. The van der Waals surface area contributed by atoms with Gasteiger partial charge in [0.15, 0.2) is 0 Å². The molecule has 1 aliphatic heterocycles. The second kappa shape index (κ2) is 5.42. The lowest BCUT2D eigenvalue weighted by Crippen LogP contribution is -2.39. The molecular formula is C12H15BrN2OS. The van der Waals surface area contributed by atoms with Gasteiger partial charge in [0, 0.05) is 34.1 Å². The van der Waals surface area contributed by atoms with E-state index < -0.39 is 0 Å². The summed E-state index contributed by atoms with van der Waals surface area (Å²) in [6.45, 7) is 3.30. The van der Waals surface area contributed by atoms with E-state index in [9.17, 15) is 4.79 Å². The molecule has 1 aromatic carbocycles. The summed E-state index contributed by atoms with van der Waals surface area (Å²) in [6.07, 6.45) is 0.410. The third-order valence-electron chi connectivity index (χ3n) is 2.64. The molecule has 0 bridgehead atoms. The van der Waals surface area contributed by atoms with Crippen molar-refractivity contribution in [3.05, 3.63) is 22.7 Å². The third-order valence-corrected chi connectivity index (χ3v) is 4.27. The van der Waals surface area contributed by atoms with Crippen LogP contribution in [0.1, 0.15) is 13.3 Å². The van der Waals surface area contributed by atoms with Crippen LogP contribution in [-0.4, -0.2) is 24.2 Å². The number of thioether (sulfide) groups is 1. The first-order valence-corrected chi connectivity index (χ1v) is 7.25. The van der Waals surface area contributed by atoms with E-state index in [0.29, 0.717) is 18.2 Å². The molecule has 17 heavy (non-hydrogen) atoms. The van der Waals surface area contributed by atoms with Crippen molar-refractivity contribution in [1.29, 1.82) is 0 Å². The molecule has 0 aromatic heterocycles. The monoisotopic (exact) mass is 314 g/mol. The van der Waals surface area contributed by atoms with Crippen molar-refractivity contribution >= 4 is 39.3 Å². The zero-order valence-corrected chi connectivity index (χ0v) is 12.1. The highest BCUT2D eigenvalue weighted by Gasteiger charge is 2.26. The number of carbonyl (C=O) groups is 1. The Balaban J connectivity index is 2.34. The molecule has 92 valence electrons. The molecule has 1 heterocycles. The zero-order valence-electron chi connectivity index (χ0n) is 9.65. The Kier molecular flexibility index (Phi) is 4.12. The largest absolute Gasteiger partial charge is 0.330 e. The number of nitrogens with two attached hydrogens (primary N) is 1. The van der Waals surface area contributed by atoms with Crippen LogP contribution in [0.2, 0.25) is 0 Å². The van der Waals surface area contributed by atoms with E-state index in [0.717, 1.165) is 21.6 Å². The fourth-order valence-corrected chi connectivity index (χ4v) is 3.57. The summed E-state index contributed by atoms with van der Waals surface area (Å²) in [5.74, 6) is 0.114. The maximum absolute atomic E-state index is 12.0. The van der Waals surface area contributed by atoms with Crippen LogP contribution in [0.25, 0.3) is 0 Å². The molecule has 3 nitrogen and oxygen atoms in total. The predicted octanol–water partition coefficient (Wildman–Crippen LogP) is 2.63. The minimum absolute atomic E-state index is 0.114. The summed E-state index contributed by atoms with van der Waals surface area (Å²) in [5, 5.41) is 0.415. The number of carbonyl (C=O) groups excluding carboxylic acids is 1. The van der Waals surface area contributed by atoms with Gasteiger partial charge >= 0.3 is 0 Å². The Bertz CT molecular complexity index is 439. The second-order valence-corrected chi connectivity index (χ2v) is 6.48. The number of fused-ring (bicyclic) bond motifs is 1. The average molecular weight is 315 g/mol. The van der Waals surface area contributed by atoms with Crippen LogP contribution in [-0.2, 0) is 4.79 Å². The first-order chi connectivity index (χ1) is 8.11. The number of anilines is 1. The van der Waals surface area contributed by atoms with Crippen LogP contribution in [0, 0.1) is 0 Å². The van der Waals surface area contributed by atoms with Crippen LogP contribution < -0.4 is 10.6 Å². The summed E-state index contributed by atoms with van der Waals surface area (Å²) in [6, 6.07) is 6.03.